The molecule has 90 valence electrons. The van der Waals surface area contributed by atoms with Crippen LogP contribution < -0.4 is 15.4 Å². The first-order valence-electron chi connectivity index (χ1n) is 5.69. The molecule has 3 heteroatoms. The highest BCUT2D eigenvalue weighted by atomic mass is 16.5. The molecule has 3 nitrogen and oxygen atoms in total. The summed E-state index contributed by atoms with van der Waals surface area (Å²) in [5, 5.41) is 6.52. The molecule has 0 aromatic heterocycles. The Morgan fingerprint density at radius 2 is 1.88 bits per heavy atom. The second-order valence-corrected chi connectivity index (χ2v) is 3.96. The molecular weight excluding hydrogens is 200 g/mol. The molecule has 0 bridgehead atoms. The smallest absolute Gasteiger partial charge is 0.122 e. The lowest BCUT2D eigenvalue weighted by Gasteiger charge is -2.13. The van der Waals surface area contributed by atoms with Crippen LogP contribution in [0, 0.1) is 13.8 Å². The van der Waals surface area contributed by atoms with Crippen molar-refractivity contribution in [2.24, 2.45) is 0 Å². The van der Waals surface area contributed by atoms with Crippen LogP contribution in [0.15, 0.2) is 12.1 Å². The normalized spacial score (nSPS) is 10.5. The molecule has 1 aromatic rings. The molecule has 0 saturated heterocycles. The summed E-state index contributed by atoms with van der Waals surface area (Å²) in [5.41, 5.74) is 3.89. The van der Waals surface area contributed by atoms with E-state index in [1.165, 1.54) is 16.7 Å². The maximum Gasteiger partial charge on any atom is 0.122 e. The van der Waals surface area contributed by atoms with Crippen molar-refractivity contribution in [1.82, 2.24) is 10.6 Å². The Labute approximate surface area is 98.2 Å². The van der Waals surface area contributed by atoms with Crippen LogP contribution in [-0.4, -0.2) is 27.2 Å². The highest BCUT2D eigenvalue weighted by Crippen LogP contribution is 2.23. The summed E-state index contributed by atoms with van der Waals surface area (Å²) in [6, 6.07) is 4.17. The van der Waals surface area contributed by atoms with Crippen LogP contribution in [0.4, 0.5) is 0 Å². The Morgan fingerprint density at radius 3 is 2.50 bits per heavy atom. The molecule has 1 aromatic carbocycles. The van der Waals surface area contributed by atoms with Gasteiger partial charge in [0, 0.05) is 19.6 Å². The third-order valence-corrected chi connectivity index (χ3v) is 2.94. The van der Waals surface area contributed by atoms with Gasteiger partial charge in [-0.25, -0.2) is 0 Å². The van der Waals surface area contributed by atoms with Crippen molar-refractivity contribution in [2.45, 2.75) is 20.4 Å². The molecule has 0 unspecified atom stereocenters. The fraction of sp³-hybridized carbons (Fsp3) is 0.538. The Morgan fingerprint density at radius 1 is 1.12 bits per heavy atom. The summed E-state index contributed by atoms with van der Waals surface area (Å²) in [4.78, 5) is 0. The second kappa shape index (κ2) is 6.51. The van der Waals surface area contributed by atoms with Gasteiger partial charge in [-0.1, -0.05) is 6.07 Å². The fourth-order valence-corrected chi connectivity index (χ4v) is 1.70. The van der Waals surface area contributed by atoms with Crippen LogP contribution in [0.5, 0.6) is 5.75 Å². The van der Waals surface area contributed by atoms with Crippen LogP contribution in [0.25, 0.3) is 0 Å². The van der Waals surface area contributed by atoms with Crippen LogP contribution in [0.3, 0.4) is 0 Å². The van der Waals surface area contributed by atoms with Crippen molar-refractivity contribution in [2.75, 3.05) is 27.2 Å². The van der Waals surface area contributed by atoms with Crippen molar-refractivity contribution in [3.05, 3.63) is 28.8 Å². The second-order valence-electron chi connectivity index (χ2n) is 3.96. The zero-order valence-corrected chi connectivity index (χ0v) is 10.7. The number of ether oxygens (including phenoxy) is 1. The lowest BCUT2D eigenvalue weighted by atomic mass is 10.0. The van der Waals surface area contributed by atoms with E-state index < -0.39 is 0 Å². The molecule has 0 heterocycles. The quantitative estimate of drug-likeness (QED) is 0.718. The highest BCUT2D eigenvalue weighted by molar-refractivity contribution is 5.43. The molecule has 0 aliphatic heterocycles. The number of nitrogens with one attached hydrogen (secondary N) is 2. The van der Waals surface area contributed by atoms with E-state index in [9.17, 15) is 0 Å². The average Bonchev–Trinajstić information content (AvgIpc) is 2.30. The first kappa shape index (κ1) is 13.0. The van der Waals surface area contributed by atoms with E-state index in [0.29, 0.717) is 0 Å². The Bertz CT molecular complexity index is 337. The first-order chi connectivity index (χ1) is 7.70. The van der Waals surface area contributed by atoms with E-state index in [4.69, 9.17) is 4.74 Å². The van der Waals surface area contributed by atoms with Crippen LogP contribution in [-0.2, 0) is 6.54 Å². The van der Waals surface area contributed by atoms with Gasteiger partial charge in [0.1, 0.15) is 5.75 Å². The number of hydrogen-bond acceptors (Lipinski definition) is 3. The van der Waals surface area contributed by atoms with Crippen molar-refractivity contribution >= 4 is 0 Å². The van der Waals surface area contributed by atoms with Gasteiger partial charge < -0.3 is 15.4 Å². The summed E-state index contributed by atoms with van der Waals surface area (Å²) in [6.07, 6.45) is 0. The van der Waals surface area contributed by atoms with Gasteiger partial charge >= 0.3 is 0 Å². The predicted octanol–water partition coefficient (Wildman–Crippen LogP) is 1.62. The molecular formula is C13H22N2O. The number of benzene rings is 1. The Hall–Kier alpha value is -1.06. The summed E-state index contributed by atoms with van der Waals surface area (Å²) >= 11 is 0. The van der Waals surface area contributed by atoms with E-state index in [0.717, 1.165) is 25.4 Å². The first-order valence-corrected chi connectivity index (χ1v) is 5.69. The minimum atomic E-state index is 0.915. The fourth-order valence-electron chi connectivity index (χ4n) is 1.70. The molecule has 16 heavy (non-hydrogen) atoms. The van der Waals surface area contributed by atoms with E-state index in [-0.39, 0.29) is 0 Å². The number of methoxy groups -OCH3 is 1. The Kier molecular flexibility index (Phi) is 5.29. The lowest BCUT2D eigenvalue weighted by molar-refractivity contribution is 0.411. The molecule has 0 radical (unpaired) electrons. The molecule has 0 saturated carbocycles. The summed E-state index contributed by atoms with van der Waals surface area (Å²) in [6.45, 7) is 7.14. The van der Waals surface area contributed by atoms with Gasteiger partial charge in [0.05, 0.1) is 7.11 Å². The molecule has 0 aliphatic carbocycles. The standard InChI is InChI=1S/C13H22N2O/c1-10-11(2)13(16-4)6-5-12(10)9-15-8-7-14-3/h5-6,14-15H,7-9H2,1-4H3. The van der Waals surface area contributed by atoms with Crippen molar-refractivity contribution in [3.8, 4) is 5.75 Å². The monoisotopic (exact) mass is 222 g/mol. The molecule has 0 atom stereocenters. The molecule has 1 rings (SSSR count). The largest absolute Gasteiger partial charge is 0.496 e. The van der Waals surface area contributed by atoms with Crippen LogP contribution in [0.1, 0.15) is 16.7 Å². The number of likely N-dealkylation sites (N-methyl/N-ethyl adjacent to an activating group) is 1. The summed E-state index contributed by atoms with van der Waals surface area (Å²) in [5.74, 6) is 0.969. The van der Waals surface area contributed by atoms with Gasteiger partial charge in [0.25, 0.3) is 0 Å². The van der Waals surface area contributed by atoms with Gasteiger partial charge in [-0.2, -0.15) is 0 Å². The van der Waals surface area contributed by atoms with E-state index in [1.807, 2.05) is 13.1 Å². The topological polar surface area (TPSA) is 33.3 Å². The number of hydrogen-bond donors (Lipinski definition) is 2. The maximum atomic E-state index is 5.29. The average molecular weight is 222 g/mol. The summed E-state index contributed by atoms with van der Waals surface area (Å²) < 4.78 is 5.29. The minimum absolute atomic E-state index is 0.915. The van der Waals surface area contributed by atoms with Gasteiger partial charge in [-0.15, -0.1) is 0 Å². The Balaban J connectivity index is 2.64. The van der Waals surface area contributed by atoms with Gasteiger partial charge in [-0.05, 0) is 43.7 Å². The third kappa shape index (κ3) is 3.22. The predicted molar refractivity (Wildman–Crippen MR) is 68.1 cm³/mol. The third-order valence-electron chi connectivity index (χ3n) is 2.94. The molecule has 0 spiro atoms. The van der Waals surface area contributed by atoms with Crippen molar-refractivity contribution < 1.29 is 4.74 Å². The molecule has 0 amide bonds. The van der Waals surface area contributed by atoms with Crippen molar-refractivity contribution in [1.29, 1.82) is 0 Å². The molecule has 0 fully saturated rings. The van der Waals surface area contributed by atoms with Crippen LogP contribution >= 0.6 is 0 Å². The van der Waals surface area contributed by atoms with Crippen LogP contribution in [0.2, 0.25) is 0 Å². The molecule has 2 N–H and O–H groups in total. The van der Waals surface area contributed by atoms with Gasteiger partial charge in [0.2, 0.25) is 0 Å². The minimum Gasteiger partial charge on any atom is -0.496 e. The summed E-state index contributed by atoms with van der Waals surface area (Å²) in [7, 11) is 3.68. The molecule has 0 aliphatic rings. The van der Waals surface area contributed by atoms with E-state index >= 15 is 0 Å². The van der Waals surface area contributed by atoms with E-state index in [2.05, 4.69) is 30.5 Å². The lowest BCUT2D eigenvalue weighted by Crippen LogP contribution is -2.24. The van der Waals surface area contributed by atoms with Gasteiger partial charge in [-0.3, -0.25) is 0 Å². The zero-order chi connectivity index (χ0) is 12.0. The zero-order valence-electron chi connectivity index (χ0n) is 10.7. The number of rotatable bonds is 6. The van der Waals surface area contributed by atoms with Gasteiger partial charge in [0.15, 0.2) is 0 Å². The van der Waals surface area contributed by atoms with E-state index in [1.54, 1.807) is 7.11 Å². The van der Waals surface area contributed by atoms with Crippen molar-refractivity contribution in [3.63, 3.8) is 0 Å². The SMILES string of the molecule is CNCCNCc1ccc(OC)c(C)c1C. The highest BCUT2D eigenvalue weighted by Gasteiger charge is 2.05. The maximum absolute atomic E-state index is 5.29.